The van der Waals surface area contributed by atoms with Gasteiger partial charge in [0.25, 0.3) is 0 Å². The van der Waals surface area contributed by atoms with E-state index in [0.29, 0.717) is 19.0 Å². The smallest absolute Gasteiger partial charge is 0.356 e. The summed E-state index contributed by atoms with van der Waals surface area (Å²) in [5.74, 6) is 0.505. The number of benzene rings is 1. The predicted molar refractivity (Wildman–Crippen MR) is 112 cm³/mol. The number of halogens is 3. The van der Waals surface area contributed by atoms with Gasteiger partial charge in [0.15, 0.2) is 10.8 Å². The number of aromatic nitrogens is 2. The number of thiocarbonyl (C=S) groups is 1. The molecule has 0 bridgehead atoms. The van der Waals surface area contributed by atoms with E-state index in [0.717, 1.165) is 24.5 Å². The van der Waals surface area contributed by atoms with E-state index in [1.54, 1.807) is 0 Å². The van der Waals surface area contributed by atoms with Gasteiger partial charge in [-0.05, 0) is 43.5 Å². The van der Waals surface area contributed by atoms with Crippen molar-refractivity contribution < 1.29 is 13.2 Å². The number of anilines is 2. The molecule has 1 aliphatic heterocycles. The lowest BCUT2D eigenvalue weighted by Crippen LogP contribution is -2.36. The van der Waals surface area contributed by atoms with Crippen molar-refractivity contribution in [2.24, 2.45) is 5.92 Å². The van der Waals surface area contributed by atoms with Gasteiger partial charge in [-0.15, -0.1) is 0 Å². The normalized spacial score (nSPS) is 18.2. The summed E-state index contributed by atoms with van der Waals surface area (Å²) in [5.41, 5.74) is 0.0201. The zero-order valence-corrected chi connectivity index (χ0v) is 17.1. The van der Waals surface area contributed by atoms with Crippen LogP contribution in [0.3, 0.4) is 0 Å². The number of nitrogens with zero attached hydrogens (tertiary/aromatic N) is 3. The predicted octanol–water partition coefficient (Wildman–Crippen LogP) is 4.78. The van der Waals surface area contributed by atoms with Crippen LogP contribution in [0, 0.1) is 5.92 Å². The molecule has 29 heavy (non-hydrogen) atoms. The van der Waals surface area contributed by atoms with Gasteiger partial charge in [0.1, 0.15) is 5.82 Å². The van der Waals surface area contributed by atoms with Crippen molar-refractivity contribution in [3.05, 3.63) is 47.7 Å². The Morgan fingerprint density at radius 2 is 1.97 bits per heavy atom. The van der Waals surface area contributed by atoms with Crippen LogP contribution in [0.25, 0.3) is 0 Å². The van der Waals surface area contributed by atoms with E-state index in [1.165, 1.54) is 0 Å². The van der Waals surface area contributed by atoms with Crippen LogP contribution < -0.4 is 15.5 Å². The first-order valence-electron chi connectivity index (χ1n) is 9.56. The third-order valence-corrected chi connectivity index (χ3v) is 5.08. The molecule has 2 unspecified atom stereocenters. The van der Waals surface area contributed by atoms with E-state index >= 15 is 0 Å². The molecular weight excluding hydrogens is 399 g/mol. The molecule has 2 heterocycles. The van der Waals surface area contributed by atoms with Crippen molar-refractivity contribution >= 4 is 29.1 Å². The quantitative estimate of drug-likeness (QED) is 0.691. The van der Waals surface area contributed by atoms with Crippen molar-refractivity contribution in [3.63, 3.8) is 0 Å². The number of rotatable bonds is 4. The summed E-state index contributed by atoms with van der Waals surface area (Å²) in [6, 6.07) is 10.5. The highest BCUT2D eigenvalue weighted by Gasteiger charge is 2.34. The molecule has 1 aliphatic rings. The highest BCUT2D eigenvalue weighted by Crippen LogP contribution is 2.31. The molecule has 2 atom stereocenters. The van der Waals surface area contributed by atoms with Crippen LogP contribution in [0.2, 0.25) is 0 Å². The fourth-order valence-electron chi connectivity index (χ4n) is 3.35. The third-order valence-electron chi connectivity index (χ3n) is 4.86. The number of hydrogen-bond acceptors (Lipinski definition) is 4. The second-order valence-corrected chi connectivity index (χ2v) is 7.77. The first kappa shape index (κ1) is 21.3. The van der Waals surface area contributed by atoms with Gasteiger partial charge in [0.2, 0.25) is 5.95 Å². The average molecular weight is 424 g/mol. The summed E-state index contributed by atoms with van der Waals surface area (Å²) in [7, 11) is 0. The Hall–Kier alpha value is -2.42. The molecule has 0 amide bonds. The molecule has 1 aromatic carbocycles. The number of alkyl halides is 3. The Bertz CT molecular complexity index is 844. The van der Waals surface area contributed by atoms with Crippen molar-refractivity contribution in [1.82, 2.24) is 15.3 Å². The van der Waals surface area contributed by atoms with Gasteiger partial charge in [-0.1, -0.05) is 37.3 Å². The Morgan fingerprint density at radius 3 is 2.62 bits per heavy atom. The molecule has 2 aromatic rings. The van der Waals surface area contributed by atoms with Crippen LogP contribution in [0.15, 0.2) is 36.4 Å². The fraction of sp³-hybridized carbons (Fsp3) is 0.450. The van der Waals surface area contributed by atoms with E-state index in [1.807, 2.05) is 42.2 Å². The van der Waals surface area contributed by atoms with Crippen molar-refractivity contribution in [2.75, 3.05) is 23.3 Å². The molecule has 0 aliphatic carbocycles. The molecule has 0 radical (unpaired) electrons. The van der Waals surface area contributed by atoms with Gasteiger partial charge >= 0.3 is 6.18 Å². The van der Waals surface area contributed by atoms with E-state index in [2.05, 4.69) is 27.5 Å². The fourth-order valence-corrected chi connectivity index (χ4v) is 3.62. The lowest BCUT2D eigenvalue weighted by Gasteiger charge is -2.32. The van der Waals surface area contributed by atoms with Crippen molar-refractivity contribution in [3.8, 4) is 0 Å². The first-order chi connectivity index (χ1) is 13.7. The molecule has 0 spiro atoms. The maximum Gasteiger partial charge on any atom is 0.433 e. The second kappa shape index (κ2) is 8.94. The van der Waals surface area contributed by atoms with Gasteiger partial charge in [0, 0.05) is 19.2 Å². The van der Waals surface area contributed by atoms with Crippen LogP contribution in [0.4, 0.5) is 24.9 Å². The molecular formula is C20H24F3N5S. The molecule has 3 rings (SSSR count). The van der Waals surface area contributed by atoms with Crippen LogP contribution in [0.5, 0.6) is 0 Å². The lowest BCUT2D eigenvalue weighted by molar-refractivity contribution is -0.141. The second-order valence-electron chi connectivity index (χ2n) is 7.36. The highest BCUT2D eigenvalue weighted by atomic mass is 32.1. The first-order valence-corrected chi connectivity index (χ1v) is 9.97. The Balaban J connectivity index is 1.78. The van der Waals surface area contributed by atoms with Crippen molar-refractivity contribution in [2.45, 2.75) is 38.9 Å². The number of piperidine rings is 1. The van der Waals surface area contributed by atoms with E-state index in [4.69, 9.17) is 12.2 Å². The van der Waals surface area contributed by atoms with E-state index in [9.17, 15) is 13.2 Å². The van der Waals surface area contributed by atoms with Gasteiger partial charge in [-0.3, -0.25) is 0 Å². The molecule has 5 nitrogen and oxygen atoms in total. The monoisotopic (exact) mass is 423 g/mol. The van der Waals surface area contributed by atoms with Gasteiger partial charge in [-0.2, -0.15) is 18.2 Å². The maximum atomic E-state index is 13.4. The number of hydrogen-bond donors (Lipinski definition) is 2. The SMILES string of the molecule is CC1CCCN(c2cc(C(F)(F)F)nc(NC(=S)NC(C)c3ccccc3)n2)C1. The summed E-state index contributed by atoms with van der Waals surface area (Å²) in [6.45, 7) is 5.34. The van der Waals surface area contributed by atoms with E-state index < -0.39 is 11.9 Å². The van der Waals surface area contributed by atoms with Crippen molar-refractivity contribution in [1.29, 1.82) is 0 Å². The Morgan fingerprint density at radius 1 is 1.24 bits per heavy atom. The van der Waals surface area contributed by atoms with E-state index in [-0.39, 0.29) is 22.9 Å². The molecule has 1 fully saturated rings. The minimum Gasteiger partial charge on any atom is -0.356 e. The molecule has 0 saturated carbocycles. The summed E-state index contributed by atoms with van der Waals surface area (Å²) >= 11 is 5.27. The zero-order chi connectivity index (χ0) is 21.0. The Kier molecular flexibility index (Phi) is 6.56. The van der Waals surface area contributed by atoms with Crippen LogP contribution in [-0.4, -0.2) is 28.2 Å². The summed E-state index contributed by atoms with van der Waals surface area (Å²) in [6.07, 6.45) is -2.59. The summed E-state index contributed by atoms with van der Waals surface area (Å²) in [4.78, 5) is 9.81. The van der Waals surface area contributed by atoms with Gasteiger partial charge in [0.05, 0.1) is 6.04 Å². The largest absolute Gasteiger partial charge is 0.433 e. The lowest BCUT2D eigenvalue weighted by atomic mass is 10.0. The van der Waals surface area contributed by atoms with Crippen LogP contribution in [-0.2, 0) is 6.18 Å². The zero-order valence-electron chi connectivity index (χ0n) is 16.3. The van der Waals surface area contributed by atoms with Gasteiger partial charge in [-0.25, -0.2) is 4.98 Å². The molecule has 1 aromatic heterocycles. The topological polar surface area (TPSA) is 53.1 Å². The molecule has 1 saturated heterocycles. The highest BCUT2D eigenvalue weighted by molar-refractivity contribution is 7.80. The molecule has 9 heteroatoms. The standard InChI is InChI=1S/C20H24F3N5S/c1-13-7-6-10-28(12-13)17-11-16(20(21,22)23)25-18(26-17)27-19(29)24-14(2)15-8-4-3-5-9-15/h3-5,8-9,11,13-14H,6-7,10,12H2,1-2H3,(H2,24,25,26,27,29). The van der Waals surface area contributed by atoms with Crippen LogP contribution >= 0.6 is 12.2 Å². The Labute approximate surface area is 173 Å². The summed E-state index contributed by atoms with van der Waals surface area (Å²) in [5, 5.41) is 5.94. The summed E-state index contributed by atoms with van der Waals surface area (Å²) < 4.78 is 40.1. The average Bonchev–Trinajstić information content (AvgIpc) is 2.67. The minimum atomic E-state index is -4.57. The maximum absolute atomic E-state index is 13.4. The molecule has 156 valence electrons. The van der Waals surface area contributed by atoms with Gasteiger partial charge < -0.3 is 15.5 Å². The minimum absolute atomic E-state index is 0.121. The molecule has 2 N–H and O–H groups in total. The van der Waals surface area contributed by atoms with Crippen LogP contribution in [0.1, 0.15) is 44.0 Å². The number of nitrogens with one attached hydrogen (secondary N) is 2. The third kappa shape index (κ3) is 5.79.